The van der Waals surface area contributed by atoms with Crippen molar-refractivity contribution in [3.63, 3.8) is 0 Å². The van der Waals surface area contributed by atoms with Crippen molar-refractivity contribution in [2.75, 3.05) is 18.0 Å². The topological polar surface area (TPSA) is 58.9 Å². The zero-order valence-electron chi connectivity index (χ0n) is 13.9. The van der Waals surface area contributed by atoms with Crippen molar-refractivity contribution in [2.45, 2.75) is 25.4 Å². The Labute approximate surface area is 141 Å². The number of hydrogen-bond acceptors (Lipinski definition) is 5. The van der Waals surface area contributed by atoms with Crippen molar-refractivity contribution in [2.24, 2.45) is 7.05 Å². The van der Waals surface area contributed by atoms with Gasteiger partial charge in [0.25, 0.3) is 0 Å². The number of aromatic nitrogens is 4. The Morgan fingerprint density at radius 2 is 2.08 bits per heavy atom. The van der Waals surface area contributed by atoms with Crippen molar-refractivity contribution >= 4 is 17.1 Å². The largest absolute Gasteiger partial charge is 0.339 e. The van der Waals surface area contributed by atoms with E-state index in [4.69, 9.17) is 4.98 Å². The summed E-state index contributed by atoms with van der Waals surface area (Å²) in [5, 5.41) is 3.67. The monoisotopic (exact) mass is 322 g/mol. The van der Waals surface area contributed by atoms with Crippen molar-refractivity contribution in [1.82, 2.24) is 24.8 Å². The van der Waals surface area contributed by atoms with Crippen molar-refractivity contribution in [1.29, 1.82) is 0 Å². The second-order valence-electron chi connectivity index (χ2n) is 6.39. The van der Waals surface area contributed by atoms with Crippen LogP contribution in [0.15, 0.2) is 42.9 Å². The van der Waals surface area contributed by atoms with Gasteiger partial charge in [-0.2, -0.15) is 4.98 Å². The van der Waals surface area contributed by atoms with Crippen LogP contribution >= 0.6 is 0 Å². The SMILES string of the molecule is Cn1cnc2cnc(N3CCCC(NCc4ccccc4)C3)nc21. The number of rotatable bonds is 4. The van der Waals surface area contributed by atoms with E-state index in [-0.39, 0.29) is 0 Å². The number of nitrogens with zero attached hydrogens (tertiary/aromatic N) is 5. The predicted molar refractivity (Wildman–Crippen MR) is 94.8 cm³/mol. The van der Waals surface area contributed by atoms with E-state index in [0.29, 0.717) is 6.04 Å². The Morgan fingerprint density at radius 3 is 2.96 bits per heavy atom. The highest BCUT2D eigenvalue weighted by Gasteiger charge is 2.22. The Hall–Kier alpha value is -2.47. The molecule has 6 heteroatoms. The minimum Gasteiger partial charge on any atom is -0.339 e. The zero-order valence-corrected chi connectivity index (χ0v) is 13.9. The predicted octanol–water partition coefficient (Wildman–Crippen LogP) is 2.12. The Balaban J connectivity index is 1.44. The fourth-order valence-corrected chi connectivity index (χ4v) is 3.25. The summed E-state index contributed by atoms with van der Waals surface area (Å²) in [6.07, 6.45) is 5.94. The number of fused-ring (bicyclic) bond motifs is 1. The van der Waals surface area contributed by atoms with E-state index < -0.39 is 0 Å². The lowest BCUT2D eigenvalue weighted by atomic mass is 10.1. The van der Waals surface area contributed by atoms with Crippen molar-refractivity contribution in [3.8, 4) is 0 Å². The molecule has 2 aromatic heterocycles. The first-order valence-electron chi connectivity index (χ1n) is 8.46. The van der Waals surface area contributed by atoms with Crippen LogP contribution in [0.3, 0.4) is 0 Å². The number of hydrogen-bond donors (Lipinski definition) is 1. The third-order valence-electron chi connectivity index (χ3n) is 4.58. The summed E-state index contributed by atoms with van der Waals surface area (Å²) in [4.78, 5) is 15.8. The summed E-state index contributed by atoms with van der Waals surface area (Å²) in [6, 6.07) is 11.0. The molecule has 0 bridgehead atoms. The van der Waals surface area contributed by atoms with Crippen LogP contribution < -0.4 is 10.2 Å². The van der Waals surface area contributed by atoms with E-state index in [2.05, 4.69) is 50.5 Å². The molecule has 0 spiro atoms. The van der Waals surface area contributed by atoms with Gasteiger partial charge in [0.1, 0.15) is 5.52 Å². The number of piperidine rings is 1. The van der Waals surface area contributed by atoms with Crippen LogP contribution in [0.1, 0.15) is 18.4 Å². The van der Waals surface area contributed by atoms with Crippen LogP contribution in [0.5, 0.6) is 0 Å². The molecule has 1 atom stereocenters. The molecule has 1 aromatic carbocycles. The first kappa shape index (κ1) is 15.1. The van der Waals surface area contributed by atoms with Gasteiger partial charge in [0, 0.05) is 32.7 Å². The van der Waals surface area contributed by atoms with E-state index in [0.717, 1.165) is 43.2 Å². The van der Waals surface area contributed by atoms with Crippen LogP contribution in [-0.2, 0) is 13.6 Å². The molecule has 0 aliphatic carbocycles. The summed E-state index contributed by atoms with van der Waals surface area (Å²) in [6.45, 7) is 2.85. The van der Waals surface area contributed by atoms with Crippen LogP contribution in [0.2, 0.25) is 0 Å². The number of imidazole rings is 1. The molecule has 0 amide bonds. The lowest BCUT2D eigenvalue weighted by molar-refractivity contribution is 0.418. The van der Waals surface area contributed by atoms with Gasteiger partial charge in [0.05, 0.1) is 12.5 Å². The molecular formula is C18H22N6. The van der Waals surface area contributed by atoms with Crippen LogP contribution in [0.4, 0.5) is 5.95 Å². The zero-order chi connectivity index (χ0) is 16.4. The van der Waals surface area contributed by atoms with Gasteiger partial charge in [-0.15, -0.1) is 0 Å². The summed E-state index contributed by atoms with van der Waals surface area (Å²) >= 11 is 0. The molecule has 124 valence electrons. The molecule has 0 saturated carbocycles. The van der Waals surface area contributed by atoms with Gasteiger partial charge >= 0.3 is 0 Å². The Kier molecular flexibility index (Phi) is 4.13. The second kappa shape index (κ2) is 6.57. The molecule has 1 saturated heterocycles. The molecule has 1 N–H and O–H groups in total. The summed E-state index contributed by atoms with van der Waals surface area (Å²) in [5.74, 6) is 0.803. The van der Waals surface area contributed by atoms with E-state index in [1.165, 1.54) is 12.0 Å². The van der Waals surface area contributed by atoms with E-state index in [9.17, 15) is 0 Å². The van der Waals surface area contributed by atoms with Gasteiger partial charge in [0.2, 0.25) is 5.95 Å². The first-order chi connectivity index (χ1) is 11.8. The van der Waals surface area contributed by atoms with E-state index >= 15 is 0 Å². The number of benzene rings is 1. The maximum absolute atomic E-state index is 4.70. The van der Waals surface area contributed by atoms with E-state index in [1.807, 2.05) is 17.8 Å². The molecule has 6 nitrogen and oxygen atoms in total. The van der Waals surface area contributed by atoms with Crippen LogP contribution in [0.25, 0.3) is 11.2 Å². The van der Waals surface area contributed by atoms with Gasteiger partial charge in [-0.3, -0.25) is 0 Å². The highest BCUT2D eigenvalue weighted by atomic mass is 15.3. The summed E-state index contributed by atoms with van der Waals surface area (Å²) in [5.41, 5.74) is 3.05. The fourth-order valence-electron chi connectivity index (χ4n) is 3.25. The molecule has 4 rings (SSSR count). The Morgan fingerprint density at radius 1 is 1.21 bits per heavy atom. The van der Waals surface area contributed by atoms with Gasteiger partial charge in [-0.25, -0.2) is 9.97 Å². The maximum Gasteiger partial charge on any atom is 0.227 e. The molecular weight excluding hydrogens is 300 g/mol. The maximum atomic E-state index is 4.70. The third kappa shape index (κ3) is 3.10. The minimum absolute atomic E-state index is 0.463. The lowest BCUT2D eigenvalue weighted by Gasteiger charge is -2.33. The average Bonchev–Trinajstić information content (AvgIpc) is 3.02. The summed E-state index contributed by atoms with van der Waals surface area (Å²) < 4.78 is 1.94. The second-order valence-corrected chi connectivity index (χ2v) is 6.39. The molecule has 1 fully saturated rings. The Bertz CT molecular complexity index is 813. The number of nitrogens with one attached hydrogen (secondary N) is 1. The van der Waals surface area contributed by atoms with Gasteiger partial charge < -0.3 is 14.8 Å². The molecule has 1 unspecified atom stereocenters. The van der Waals surface area contributed by atoms with Gasteiger partial charge in [-0.05, 0) is 18.4 Å². The first-order valence-corrected chi connectivity index (χ1v) is 8.46. The van der Waals surface area contributed by atoms with Crippen molar-refractivity contribution in [3.05, 3.63) is 48.4 Å². The lowest BCUT2D eigenvalue weighted by Crippen LogP contribution is -2.46. The highest BCUT2D eigenvalue weighted by Crippen LogP contribution is 2.18. The standard InChI is InChI=1S/C18H22N6/c1-23-13-21-16-11-20-18(22-17(16)23)24-9-5-8-15(12-24)19-10-14-6-3-2-4-7-14/h2-4,6-7,11,13,15,19H,5,8-10,12H2,1H3. The van der Waals surface area contributed by atoms with Crippen LogP contribution in [0, 0.1) is 0 Å². The average molecular weight is 322 g/mol. The van der Waals surface area contributed by atoms with Gasteiger partial charge in [0.15, 0.2) is 5.65 Å². The third-order valence-corrected chi connectivity index (χ3v) is 4.58. The molecule has 1 aliphatic heterocycles. The molecule has 24 heavy (non-hydrogen) atoms. The highest BCUT2D eigenvalue weighted by molar-refractivity contribution is 5.70. The molecule has 3 aromatic rings. The minimum atomic E-state index is 0.463. The smallest absolute Gasteiger partial charge is 0.227 e. The fraction of sp³-hybridized carbons (Fsp3) is 0.389. The van der Waals surface area contributed by atoms with E-state index in [1.54, 1.807) is 6.33 Å². The number of anilines is 1. The number of aryl methyl sites for hydroxylation is 1. The molecule has 1 aliphatic rings. The summed E-state index contributed by atoms with van der Waals surface area (Å²) in [7, 11) is 1.96. The quantitative estimate of drug-likeness (QED) is 0.797. The normalized spacial score (nSPS) is 18.2. The van der Waals surface area contributed by atoms with Gasteiger partial charge in [-0.1, -0.05) is 30.3 Å². The molecule has 3 heterocycles. The van der Waals surface area contributed by atoms with Crippen molar-refractivity contribution < 1.29 is 0 Å². The van der Waals surface area contributed by atoms with Crippen LogP contribution in [-0.4, -0.2) is 38.7 Å². The molecule has 0 radical (unpaired) electrons.